The van der Waals surface area contributed by atoms with E-state index in [1.807, 2.05) is 60.7 Å². The van der Waals surface area contributed by atoms with Gasteiger partial charge in [0, 0.05) is 23.9 Å². The molecule has 0 fully saturated rings. The zero-order valence-corrected chi connectivity index (χ0v) is 17.6. The highest BCUT2D eigenvalue weighted by atomic mass is 79.9. The lowest BCUT2D eigenvalue weighted by atomic mass is 10.2. The van der Waals surface area contributed by atoms with Gasteiger partial charge in [0.1, 0.15) is 6.61 Å². The molecule has 0 spiro atoms. The molecule has 1 N–H and O–H groups in total. The van der Waals surface area contributed by atoms with Gasteiger partial charge >= 0.3 is 0 Å². The molecule has 2 aromatic rings. The van der Waals surface area contributed by atoms with E-state index in [0.29, 0.717) is 13.0 Å². The summed E-state index contributed by atoms with van der Waals surface area (Å²) in [5, 5.41) is 5.11. The number of alkyl halides is 1. The number of hydrogen-bond donors (Lipinski definition) is 1. The molecule has 150 valence electrons. The van der Waals surface area contributed by atoms with Gasteiger partial charge in [0.15, 0.2) is 0 Å². The van der Waals surface area contributed by atoms with E-state index < -0.39 is 0 Å². The van der Waals surface area contributed by atoms with Crippen LogP contribution in [0.1, 0.15) is 37.7 Å². The standard InChI is InChI=1S/C22H27BrN2O3/c23-16-9-3-8-14-22(27)25(28-18-19-10-4-1-5-11-19)17-15-21(26)24-20-12-6-2-7-13-20/h1-2,4-7,10-13H,3,8-9,14-18H2,(H,24,26). The van der Waals surface area contributed by atoms with E-state index in [4.69, 9.17) is 4.84 Å². The van der Waals surface area contributed by atoms with Crippen molar-refractivity contribution in [2.45, 2.75) is 38.7 Å². The molecular weight excluding hydrogens is 420 g/mol. The van der Waals surface area contributed by atoms with Crippen molar-refractivity contribution in [2.24, 2.45) is 0 Å². The van der Waals surface area contributed by atoms with Crippen molar-refractivity contribution in [3.8, 4) is 0 Å². The average molecular weight is 447 g/mol. The largest absolute Gasteiger partial charge is 0.326 e. The molecule has 28 heavy (non-hydrogen) atoms. The van der Waals surface area contributed by atoms with Gasteiger partial charge in [-0.3, -0.25) is 14.4 Å². The minimum Gasteiger partial charge on any atom is -0.326 e. The molecule has 0 atom stereocenters. The van der Waals surface area contributed by atoms with E-state index >= 15 is 0 Å². The maximum atomic E-state index is 12.6. The second-order valence-corrected chi connectivity index (χ2v) is 7.21. The molecule has 6 heteroatoms. The molecule has 0 bridgehead atoms. The highest BCUT2D eigenvalue weighted by Crippen LogP contribution is 2.10. The number of anilines is 1. The molecule has 0 saturated carbocycles. The summed E-state index contributed by atoms with van der Waals surface area (Å²) in [5.74, 6) is -0.232. The van der Waals surface area contributed by atoms with Gasteiger partial charge in [-0.25, -0.2) is 5.06 Å². The Morgan fingerprint density at radius 2 is 1.57 bits per heavy atom. The van der Waals surface area contributed by atoms with Crippen LogP contribution in [0, 0.1) is 0 Å². The van der Waals surface area contributed by atoms with Gasteiger partial charge in [-0.2, -0.15) is 0 Å². The number of benzene rings is 2. The van der Waals surface area contributed by atoms with Crippen LogP contribution in [0.15, 0.2) is 60.7 Å². The van der Waals surface area contributed by atoms with Crippen LogP contribution in [-0.2, 0) is 21.0 Å². The molecular formula is C22H27BrN2O3. The van der Waals surface area contributed by atoms with Crippen molar-refractivity contribution in [2.75, 3.05) is 17.2 Å². The molecule has 2 aromatic carbocycles. The Labute approximate surface area is 175 Å². The van der Waals surface area contributed by atoms with Crippen LogP contribution in [0.25, 0.3) is 0 Å². The van der Waals surface area contributed by atoms with E-state index in [2.05, 4.69) is 21.2 Å². The summed E-state index contributed by atoms with van der Waals surface area (Å²) in [5.41, 5.74) is 1.72. The Kier molecular flexibility index (Phi) is 10.3. The predicted octanol–water partition coefficient (Wildman–Crippen LogP) is 4.93. The number of carbonyl (C=O) groups excluding carboxylic acids is 2. The second-order valence-electron chi connectivity index (χ2n) is 6.42. The summed E-state index contributed by atoms with van der Waals surface area (Å²) in [6.07, 6.45) is 3.43. The Hall–Kier alpha value is -2.18. The van der Waals surface area contributed by atoms with Crippen molar-refractivity contribution in [3.05, 3.63) is 66.2 Å². The number of halogens is 1. The van der Waals surface area contributed by atoms with Crippen LogP contribution in [-0.4, -0.2) is 28.8 Å². The van der Waals surface area contributed by atoms with E-state index in [1.54, 1.807) is 0 Å². The zero-order chi connectivity index (χ0) is 20.0. The van der Waals surface area contributed by atoms with E-state index in [1.165, 1.54) is 5.06 Å². The molecule has 0 aliphatic heterocycles. The molecule has 0 radical (unpaired) electrons. The molecule has 0 aromatic heterocycles. The lowest BCUT2D eigenvalue weighted by Crippen LogP contribution is -2.33. The fourth-order valence-corrected chi connectivity index (χ4v) is 3.00. The van der Waals surface area contributed by atoms with Crippen LogP contribution in [0.4, 0.5) is 5.69 Å². The quantitative estimate of drug-likeness (QED) is 0.285. The molecule has 5 nitrogen and oxygen atoms in total. The number of amides is 2. The first-order chi connectivity index (χ1) is 13.7. The van der Waals surface area contributed by atoms with Crippen molar-refractivity contribution in [1.82, 2.24) is 5.06 Å². The van der Waals surface area contributed by atoms with Crippen molar-refractivity contribution in [1.29, 1.82) is 0 Å². The van der Waals surface area contributed by atoms with Gasteiger partial charge in [-0.05, 0) is 30.5 Å². The van der Waals surface area contributed by atoms with Gasteiger partial charge in [-0.15, -0.1) is 0 Å². The maximum Gasteiger partial charge on any atom is 0.246 e. The van der Waals surface area contributed by atoms with E-state index in [0.717, 1.165) is 35.8 Å². The van der Waals surface area contributed by atoms with E-state index in [9.17, 15) is 9.59 Å². The SMILES string of the molecule is O=C(CCN(OCc1ccccc1)C(=O)CCCCCBr)Nc1ccccc1. The van der Waals surface area contributed by atoms with Gasteiger partial charge in [-0.1, -0.05) is 70.9 Å². The molecule has 0 aliphatic carbocycles. The highest BCUT2D eigenvalue weighted by molar-refractivity contribution is 9.09. The first kappa shape index (κ1) is 22.1. The average Bonchev–Trinajstić information content (AvgIpc) is 2.72. The van der Waals surface area contributed by atoms with Crippen LogP contribution >= 0.6 is 15.9 Å². The van der Waals surface area contributed by atoms with Crippen molar-refractivity contribution >= 4 is 33.4 Å². The summed E-state index contributed by atoms with van der Waals surface area (Å²) in [7, 11) is 0. The summed E-state index contributed by atoms with van der Waals surface area (Å²) >= 11 is 3.40. The Morgan fingerprint density at radius 1 is 0.893 bits per heavy atom. The Morgan fingerprint density at radius 3 is 2.25 bits per heavy atom. The first-order valence-corrected chi connectivity index (χ1v) is 10.7. The third-order valence-corrected chi connectivity index (χ3v) is 4.69. The van der Waals surface area contributed by atoms with Crippen LogP contribution in [0.2, 0.25) is 0 Å². The monoisotopic (exact) mass is 446 g/mol. The smallest absolute Gasteiger partial charge is 0.246 e. The minimum atomic E-state index is -0.147. The van der Waals surface area contributed by atoms with Gasteiger partial charge in [0.05, 0.1) is 6.54 Å². The van der Waals surface area contributed by atoms with Crippen molar-refractivity contribution < 1.29 is 14.4 Å². The van der Waals surface area contributed by atoms with Gasteiger partial charge in [0.2, 0.25) is 11.8 Å². The van der Waals surface area contributed by atoms with Crippen LogP contribution in [0.3, 0.4) is 0 Å². The number of hydrogen-bond acceptors (Lipinski definition) is 3. The normalized spacial score (nSPS) is 10.5. The number of para-hydroxylation sites is 1. The van der Waals surface area contributed by atoms with Crippen LogP contribution < -0.4 is 5.32 Å². The summed E-state index contributed by atoms with van der Waals surface area (Å²) in [6.45, 7) is 0.525. The van der Waals surface area contributed by atoms with Gasteiger partial charge < -0.3 is 5.32 Å². The lowest BCUT2D eigenvalue weighted by Gasteiger charge is -2.22. The molecule has 0 aliphatic rings. The Bertz CT molecular complexity index is 710. The predicted molar refractivity (Wildman–Crippen MR) is 115 cm³/mol. The maximum absolute atomic E-state index is 12.6. The second kappa shape index (κ2) is 13.1. The summed E-state index contributed by atoms with van der Waals surface area (Å²) in [6, 6.07) is 19.0. The fraction of sp³-hybridized carbons (Fsp3) is 0.364. The van der Waals surface area contributed by atoms with Crippen molar-refractivity contribution in [3.63, 3.8) is 0 Å². The minimum absolute atomic E-state index is 0.0852. The number of rotatable bonds is 12. The summed E-state index contributed by atoms with van der Waals surface area (Å²) < 4.78 is 0. The van der Waals surface area contributed by atoms with Crippen LogP contribution in [0.5, 0.6) is 0 Å². The fourth-order valence-electron chi connectivity index (χ4n) is 2.61. The topological polar surface area (TPSA) is 58.6 Å². The highest BCUT2D eigenvalue weighted by Gasteiger charge is 2.16. The molecule has 0 unspecified atom stereocenters. The van der Waals surface area contributed by atoms with Gasteiger partial charge in [0.25, 0.3) is 0 Å². The number of carbonyl (C=O) groups is 2. The third kappa shape index (κ3) is 8.67. The summed E-state index contributed by atoms with van der Waals surface area (Å²) in [4.78, 5) is 30.5. The van der Waals surface area contributed by atoms with E-state index in [-0.39, 0.29) is 24.8 Å². The first-order valence-electron chi connectivity index (χ1n) is 9.57. The number of nitrogens with one attached hydrogen (secondary N) is 1. The lowest BCUT2D eigenvalue weighted by molar-refractivity contribution is -0.192. The molecule has 2 rings (SSSR count). The zero-order valence-electron chi connectivity index (χ0n) is 16.0. The molecule has 0 saturated heterocycles. The Balaban J connectivity index is 1.86. The number of unbranched alkanes of at least 4 members (excludes halogenated alkanes) is 2. The molecule has 2 amide bonds. The third-order valence-electron chi connectivity index (χ3n) is 4.13. The number of hydroxylamine groups is 2. The molecule has 0 heterocycles. The number of nitrogens with zero attached hydrogens (tertiary/aromatic N) is 1.